The molecule has 0 saturated carbocycles. The predicted octanol–water partition coefficient (Wildman–Crippen LogP) is 11.0. The Morgan fingerprint density at radius 1 is 0.444 bits per heavy atom. The molecule has 0 amide bonds. The maximum atomic E-state index is 11.5. The second-order valence-corrected chi connectivity index (χ2v) is 16.8. The van der Waals surface area contributed by atoms with E-state index >= 15 is 0 Å². The lowest BCUT2D eigenvalue weighted by molar-refractivity contribution is -0.383. The molecule has 8 rings (SSSR count). The van der Waals surface area contributed by atoms with Crippen LogP contribution in [-0.2, 0) is 0 Å². The fourth-order valence-corrected chi connectivity index (χ4v) is 7.55. The number of nitrogens with zero attached hydrogens (tertiary/aromatic N) is 11. The zero-order valence-corrected chi connectivity index (χ0v) is 41.7. The van der Waals surface area contributed by atoms with Gasteiger partial charge in [-0.3, -0.25) is 65.5 Å². The normalized spacial score (nSPS) is 10.5. The molecule has 38 heteroatoms. The Kier molecular flexibility index (Phi) is 17.9. The minimum absolute atomic E-state index is 0.00134. The van der Waals surface area contributed by atoms with E-state index in [-0.39, 0.29) is 111 Å². The Hall–Kier alpha value is -6.99. The quantitative estimate of drug-likeness (QED) is 0.0339. The number of nitrogens with one attached hydrogen (secondary N) is 5. The molecule has 4 aromatic heterocycles. The summed E-state index contributed by atoms with van der Waals surface area (Å²) in [5.74, 6) is -0.463. The minimum atomic E-state index is -1.00. The topological polar surface area (TPSA) is 407 Å². The number of nitro groups is 4. The molecule has 8 aromatic rings. The van der Waals surface area contributed by atoms with E-state index in [0.717, 1.165) is 0 Å². The zero-order valence-electron chi connectivity index (χ0n) is 33.4. The van der Waals surface area contributed by atoms with Crippen molar-refractivity contribution >= 4 is 206 Å². The summed E-state index contributed by atoms with van der Waals surface area (Å²) in [7, 11) is 0. The highest BCUT2D eigenvalue weighted by Crippen LogP contribution is 2.41. The molecule has 0 aliphatic rings. The number of halogens is 11. The molecule has 0 aliphatic carbocycles. The molecule has 368 valence electrons. The van der Waals surface area contributed by atoms with Gasteiger partial charge in [0.1, 0.15) is 25.6 Å². The van der Waals surface area contributed by atoms with Gasteiger partial charge in [0, 0.05) is 0 Å². The Balaban J connectivity index is 0.000000179. The Bertz CT molecular complexity index is 3940. The van der Waals surface area contributed by atoms with Crippen LogP contribution in [0.4, 0.5) is 34.4 Å². The van der Waals surface area contributed by atoms with Crippen molar-refractivity contribution in [2.24, 2.45) is 0 Å². The van der Waals surface area contributed by atoms with Crippen LogP contribution in [0.25, 0.3) is 44.1 Å². The van der Waals surface area contributed by atoms with Crippen molar-refractivity contribution in [1.29, 1.82) is 10.5 Å². The van der Waals surface area contributed by atoms with Gasteiger partial charge in [-0.1, -0.05) is 128 Å². The number of hydrogen-bond acceptors (Lipinski definition) is 20. The fourth-order valence-electron chi connectivity index (χ4n) is 5.47. The molecule has 27 nitrogen and oxygen atoms in total. The summed E-state index contributed by atoms with van der Waals surface area (Å²) in [5.41, 5.74) is -4.82. The summed E-state index contributed by atoms with van der Waals surface area (Å²) < 4.78 is 0. The van der Waals surface area contributed by atoms with Crippen LogP contribution in [0, 0.1) is 63.4 Å². The number of aromatic amines is 3. The molecule has 0 bridgehead atoms. The number of hydrogen-bond donors (Lipinski definition) is 5. The second-order valence-electron chi connectivity index (χ2n) is 12.6. The zero-order chi connectivity index (χ0) is 53.8. The van der Waals surface area contributed by atoms with Crippen molar-refractivity contribution in [3.05, 3.63) is 151 Å². The highest BCUT2D eigenvalue weighted by molar-refractivity contribution is 6.47. The molecule has 0 spiro atoms. The van der Waals surface area contributed by atoms with Gasteiger partial charge < -0.3 is 15.0 Å². The predicted molar refractivity (Wildman–Crippen MR) is 267 cm³/mol. The third-order valence-corrected chi connectivity index (χ3v) is 12.4. The molecule has 5 N–H and O–H groups in total. The molecule has 4 heterocycles. The van der Waals surface area contributed by atoms with Gasteiger partial charge >= 0.3 is 33.9 Å². The van der Waals surface area contributed by atoms with E-state index in [0.29, 0.717) is 0 Å². The molecule has 0 radical (unpaired) electrons. The Morgan fingerprint density at radius 3 is 1.29 bits per heavy atom. The number of nitro benzene ring substituents is 4. The van der Waals surface area contributed by atoms with E-state index in [1.54, 1.807) is 6.19 Å². The molecular weight excluding hydrogens is 1200 g/mol. The first kappa shape index (κ1) is 55.9. The van der Waals surface area contributed by atoms with Gasteiger partial charge in [-0.05, 0) is 24.3 Å². The second kappa shape index (κ2) is 23.0. The molecule has 0 saturated heterocycles. The third-order valence-electron chi connectivity index (χ3n) is 8.35. The number of rotatable bonds is 6. The lowest BCUT2D eigenvalue weighted by Crippen LogP contribution is -2.29. The molecule has 0 fully saturated rings. The van der Waals surface area contributed by atoms with E-state index in [1.165, 1.54) is 30.5 Å². The summed E-state index contributed by atoms with van der Waals surface area (Å²) in [6.45, 7) is 0. The van der Waals surface area contributed by atoms with Crippen LogP contribution >= 0.6 is 128 Å². The highest BCUT2D eigenvalue weighted by Gasteiger charge is 2.27. The van der Waals surface area contributed by atoms with Crippen molar-refractivity contribution in [1.82, 2.24) is 39.9 Å². The van der Waals surface area contributed by atoms with Crippen molar-refractivity contribution < 1.29 is 19.7 Å². The number of aromatic nitrogens is 8. The fraction of sp³-hybridized carbons (Fsp3) is 0. The lowest BCUT2D eigenvalue weighted by Gasteiger charge is -2.05. The third kappa shape index (κ3) is 11.8. The minimum Gasteiger partial charge on any atom is -0.317 e. The van der Waals surface area contributed by atoms with E-state index in [2.05, 4.69) is 45.2 Å². The van der Waals surface area contributed by atoms with Crippen LogP contribution in [0.3, 0.4) is 0 Å². The maximum Gasteiger partial charge on any atom is 0.317 e. The van der Waals surface area contributed by atoms with Gasteiger partial charge in [0.25, 0.3) is 5.56 Å². The summed E-state index contributed by atoms with van der Waals surface area (Å²) >= 11 is 63.0. The van der Waals surface area contributed by atoms with Crippen LogP contribution in [0.1, 0.15) is 0 Å². The Morgan fingerprint density at radius 2 is 0.806 bits per heavy atom. The highest BCUT2D eigenvalue weighted by atomic mass is 35.5. The Labute approximate surface area is 447 Å². The van der Waals surface area contributed by atoms with E-state index in [9.17, 15) is 54.8 Å². The van der Waals surface area contributed by atoms with E-state index in [4.69, 9.17) is 138 Å². The van der Waals surface area contributed by atoms with Crippen LogP contribution in [-0.4, -0.2) is 59.6 Å². The molecule has 4 aromatic carbocycles. The number of H-pyrrole nitrogens is 3. The smallest absolute Gasteiger partial charge is 0.317 e. The van der Waals surface area contributed by atoms with Gasteiger partial charge in [-0.15, -0.1) is 0 Å². The number of nitriles is 2. The number of fused-ring (bicyclic) bond motifs is 4. The monoisotopic (exact) mass is 1200 g/mol. The van der Waals surface area contributed by atoms with Gasteiger partial charge in [-0.2, -0.15) is 10.5 Å². The van der Waals surface area contributed by atoms with E-state index < -0.39 is 59.1 Å². The SMILES string of the molecule is N#CNc1nc2c([N+](=O)[O-])c(Cl)c(Cl)cc2[nH]c1=O.N#CNc1nc2c([N+](=O)[O-])c(Cl)c(Cl)cc2nc1Cl.O=[N+]([O-])c1c(Cl)c(Cl)cc2nc(Cl)c(Cl)nc12.O=c1[nH]c2cc(Cl)c(Cl)c([N+](=O)[O-])c2[nH]c1=O. The standard InChI is InChI=1S/C9H2Cl3N5O2.C9H3Cl2N5O3.C8HCl4N3O2.C8H3Cl2N3O4/c10-3-1-4-6(7(5(3)11)17(18)19)16-9(14-2-13)8(12)15-4;10-3-1-4-6(7(5(3)11)16(18)19)15-8(13-2-12)9(17)14-4;9-2-1-3-5(6(4(2)10)15(16)17)14-8(12)7(11)13-3;9-2-1-3-5(6(4(2)10)13(16)17)12-8(15)7(14)11-3/h1H,(H,14,16);1H,(H,13,15)(H,14,17);1H;1H,(H,11,14)(H,12,15). The van der Waals surface area contributed by atoms with Crippen molar-refractivity contribution in [2.75, 3.05) is 10.6 Å². The largest absolute Gasteiger partial charge is 0.317 e. The van der Waals surface area contributed by atoms with Crippen LogP contribution in [0.5, 0.6) is 0 Å². The summed E-state index contributed by atoms with van der Waals surface area (Å²) in [6, 6.07) is 5.11. The molecule has 0 aliphatic heterocycles. The maximum absolute atomic E-state index is 11.5. The lowest BCUT2D eigenvalue weighted by atomic mass is 10.2. The van der Waals surface area contributed by atoms with Gasteiger partial charge in [0.15, 0.2) is 50.2 Å². The average Bonchev–Trinajstić information content (AvgIpc) is 3.28. The molecular formula is C34H9Cl11N16O11. The summed E-state index contributed by atoms with van der Waals surface area (Å²) in [5, 5.41) is 63.3. The van der Waals surface area contributed by atoms with Gasteiger partial charge in [0.05, 0.1) is 61.9 Å². The first-order valence-corrected chi connectivity index (χ1v) is 21.7. The summed E-state index contributed by atoms with van der Waals surface area (Å²) in [4.78, 5) is 100. The van der Waals surface area contributed by atoms with Crippen LogP contribution < -0.4 is 27.3 Å². The van der Waals surface area contributed by atoms with Gasteiger partial charge in [0.2, 0.25) is 5.82 Å². The van der Waals surface area contributed by atoms with Crippen molar-refractivity contribution in [2.45, 2.75) is 0 Å². The van der Waals surface area contributed by atoms with Crippen LogP contribution in [0.2, 0.25) is 55.6 Å². The van der Waals surface area contributed by atoms with Crippen LogP contribution in [0.15, 0.2) is 38.6 Å². The summed E-state index contributed by atoms with van der Waals surface area (Å²) in [6.07, 6.45) is 3.10. The molecule has 0 atom stereocenters. The first-order chi connectivity index (χ1) is 33.7. The molecule has 72 heavy (non-hydrogen) atoms. The average molecular weight is 1210 g/mol. The van der Waals surface area contributed by atoms with Crippen molar-refractivity contribution in [3.63, 3.8) is 0 Å². The van der Waals surface area contributed by atoms with Crippen molar-refractivity contribution in [3.8, 4) is 12.4 Å². The number of anilines is 2. The molecule has 0 unspecified atom stereocenters. The first-order valence-electron chi connectivity index (χ1n) is 17.5. The number of benzene rings is 4. The van der Waals surface area contributed by atoms with Gasteiger partial charge in [-0.25, -0.2) is 24.9 Å². The van der Waals surface area contributed by atoms with E-state index in [1.807, 2.05) is 5.32 Å².